The summed E-state index contributed by atoms with van der Waals surface area (Å²) in [6, 6.07) is 11.9. The van der Waals surface area contributed by atoms with Crippen molar-refractivity contribution >= 4 is 11.4 Å². The number of nitrogens with zero attached hydrogens (tertiary/aromatic N) is 2. The molecule has 0 saturated heterocycles. The van der Waals surface area contributed by atoms with Crippen molar-refractivity contribution in [3.8, 4) is 6.07 Å². The number of pyridine rings is 1. The van der Waals surface area contributed by atoms with Gasteiger partial charge in [0.1, 0.15) is 6.07 Å². The predicted octanol–water partition coefficient (Wildman–Crippen LogP) is 3.26. The standard InChI is InChI=1S/C14H13N3/c1-2-11-5-3-4-6-13(11)17-14-10-16-8-7-12(14)9-15/h3-8,10,17H,2H2,1H3. The first-order chi connectivity index (χ1) is 8.35. The van der Waals surface area contributed by atoms with Crippen LogP contribution >= 0.6 is 0 Å². The van der Waals surface area contributed by atoms with E-state index in [0.29, 0.717) is 5.56 Å². The summed E-state index contributed by atoms with van der Waals surface area (Å²) in [5, 5.41) is 12.3. The van der Waals surface area contributed by atoms with E-state index < -0.39 is 0 Å². The lowest BCUT2D eigenvalue weighted by molar-refractivity contribution is 1.14. The summed E-state index contributed by atoms with van der Waals surface area (Å²) < 4.78 is 0. The molecule has 0 bridgehead atoms. The van der Waals surface area contributed by atoms with Gasteiger partial charge in [0.15, 0.2) is 0 Å². The highest BCUT2D eigenvalue weighted by molar-refractivity contribution is 5.67. The zero-order valence-corrected chi connectivity index (χ0v) is 9.64. The minimum absolute atomic E-state index is 0.603. The molecule has 0 radical (unpaired) electrons. The molecule has 1 heterocycles. The van der Waals surface area contributed by atoms with E-state index in [2.05, 4.69) is 29.4 Å². The van der Waals surface area contributed by atoms with Crippen LogP contribution in [-0.4, -0.2) is 4.98 Å². The summed E-state index contributed by atoms with van der Waals surface area (Å²) in [6.45, 7) is 2.11. The molecule has 0 aliphatic rings. The van der Waals surface area contributed by atoms with Crippen LogP contribution in [0.3, 0.4) is 0 Å². The molecule has 0 atom stereocenters. The molecular weight excluding hydrogens is 210 g/mol. The molecule has 0 saturated carbocycles. The Balaban J connectivity index is 2.35. The molecule has 3 heteroatoms. The summed E-state index contributed by atoms with van der Waals surface area (Å²) in [7, 11) is 0. The maximum absolute atomic E-state index is 9.01. The quantitative estimate of drug-likeness (QED) is 0.868. The summed E-state index contributed by atoms with van der Waals surface area (Å²) in [5.74, 6) is 0. The molecule has 3 nitrogen and oxygen atoms in total. The molecule has 0 fully saturated rings. The molecule has 17 heavy (non-hydrogen) atoms. The molecule has 0 unspecified atom stereocenters. The van der Waals surface area contributed by atoms with Gasteiger partial charge < -0.3 is 5.32 Å². The molecule has 2 aromatic rings. The van der Waals surface area contributed by atoms with E-state index in [9.17, 15) is 0 Å². The topological polar surface area (TPSA) is 48.7 Å². The number of benzene rings is 1. The van der Waals surface area contributed by atoms with Gasteiger partial charge in [-0.2, -0.15) is 5.26 Å². The second-order valence-electron chi connectivity index (χ2n) is 3.67. The summed E-state index contributed by atoms with van der Waals surface area (Å²) in [4.78, 5) is 4.03. The Bertz CT molecular complexity index is 555. The first-order valence-corrected chi connectivity index (χ1v) is 5.54. The van der Waals surface area contributed by atoms with Gasteiger partial charge in [0.05, 0.1) is 17.4 Å². The van der Waals surface area contributed by atoms with Gasteiger partial charge in [-0.05, 0) is 24.1 Å². The Morgan fingerprint density at radius 3 is 2.82 bits per heavy atom. The van der Waals surface area contributed by atoms with Crippen molar-refractivity contribution in [1.29, 1.82) is 5.26 Å². The van der Waals surface area contributed by atoms with E-state index in [1.807, 2.05) is 18.2 Å². The number of hydrogen-bond acceptors (Lipinski definition) is 3. The van der Waals surface area contributed by atoms with E-state index in [1.54, 1.807) is 18.5 Å². The molecule has 1 aromatic heterocycles. The maximum atomic E-state index is 9.01. The van der Waals surface area contributed by atoms with E-state index >= 15 is 0 Å². The lowest BCUT2D eigenvalue weighted by Gasteiger charge is -2.11. The number of aromatic nitrogens is 1. The number of hydrogen-bond donors (Lipinski definition) is 1. The molecular formula is C14H13N3. The molecule has 84 valence electrons. The van der Waals surface area contributed by atoms with Gasteiger partial charge in [0.25, 0.3) is 0 Å². The molecule has 1 N–H and O–H groups in total. The normalized spacial score (nSPS) is 9.65. The van der Waals surface area contributed by atoms with Gasteiger partial charge in [0.2, 0.25) is 0 Å². The van der Waals surface area contributed by atoms with Crippen molar-refractivity contribution < 1.29 is 0 Å². The average molecular weight is 223 g/mol. The van der Waals surface area contributed by atoms with Gasteiger partial charge in [-0.3, -0.25) is 4.98 Å². The molecule has 1 aromatic carbocycles. The third-order valence-corrected chi connectivity index (χ3v) is 2.61. The van der Waals surface area contributed by atoms with E-state index in [0.717, 1.165) is 17.8 Å². The van der Waals surface area contributed by atoms with Gasteiger partial charge in [-0.25, -0.2) is 0 Å². The highest BCUT2D eigenvalue weighted by Gasteiger charge is 2.04. The van der Waals surface area contributed by atoms with Crippen LogP contribution in [0.4, 0.5) is 11.4 Å². The smallest absolute Gasteiger partial charge is 0.101 e. The van der Waals surface area contributed by atoms with E-state index in [1.165, 1.54) is 5.56 Å². The molecule has 2 rings (SSSR count). The monoisotopic (exact) mass is 223 g/mol. The third kappa shape index (κ3) is 2.43. The largest absolute Gasteiger partial charge is 0.353 e. The Kier molecular flexibility index (Phi) is 3.37. The minimum Gasteiger partial charge on any atom is -0.353 e. The second-order valence-corrected chi connectivity index (χ2v) is 3.67. The fraction of sp³-hybridized carbons (Fsp3) is 0.143. The van der Waals surface area contributed by atoms with Crippen molar-refractivity contribution in [3.05, 3.63) is 53.9 Å². The lowest BCUT2D eigenvalue weighted by Crippen LogP contribution is -1.97. The van der Waals surface area contributed by atoms with Crippen molar-refractivity contribution in [1.82, 2.24) is 4.98 Å². The van der Waals surface area contributed by atoms with Crippen LogP contribution in [0.25, 0.3) is 0 Å². The highest BCUT2D eigenvalue weighted by Crippen LogP contribution is 2.22. The van der Waals surface area contributed by atoms with Crippen molar-refractivity contribution in [2.75, 3.05) is 5.32 Å². The lowest BCUT2D eigenvalue weighted by atomic mass is 10.1. The van der Waals surface area contributed by atoms with E-state index in [4.69, 9.17) is 5.26 Å². The number of aryl methyl sites for hydroxylation is 1. The first-order valence-electron chi connectivity index (χ1n) is 5.54. The number of nitriles is 1. The number of anilines is 2. The minimum atomic E-state index is 0.603. The Labute approximate surface area is 101 Å². The third-order valence-electron chi connectivity index (χ3n) is 2.61. The van der Waals surface area contributed by atoms with Crippen LogP contribution in [0.2, 0.25) is 0 Å². The summed E-state index contributed by atoms with van der Waals surface area (Å²) in [6.07, 6.45) is 4.24. The van der Waals surface area contributed by atoms with Gasteiger partial charge in [0, 0.05) is 11.9 Å². The fourth-order valence-corrected chi connectivity index (χ4v) is 1.69. The maximum Gasteiger partial charge on any atom is 0.101 e. The van der Waals surface area contributed by atoms with Crippen LogP contribution in [-0.2, 0) is 6.42 Å². The van der Waals surface area contributed by atoms with Crippen molar-refractivity contribution in [2.45, 2.75) is 13.3 Å². The van der Waals surface area contributed by atoms with Gasteiger partial charge >= 0.3 is 0 Å². The second kappa shape index (κ2) is 5.13. The van der Waals surface area contributed by atoms with Crippen LogP contribution < -0.4 is 5.32 Å². The van der Waals surface area contributed by atoms with Crippen LogP contribution in [0.1, 0.15) is 18.1 Å². The van der Waals surface area contributed by atoms with Crippen molar-refractivity contribution in [3.63, 3.8) is 0 Å². The highest BCUT2D eigenvalue weighted by atomic mass is 14.9. The average Bonchev–Trinajstić information content (AvgIpc) is 2.40. The predicted molar refractivity (Wildman–Crippen MR) is 68.1 cm³/mol. The fourth-order valence-electron chi connectivity index (χ4n) is 1.69. The Morgan fingerprint density at radius 1 is 1.24 bits per heavy atom. The molecule has 0 aliphatic carbocycles. The first kappa shape index (κ1) is 11.2. The Morgan fingerprint density at radius 2 is 2.06 bits per heavy atom. The zero-order chi connectivity index (χ0) is 12.1. The Hall–Kier alpha value is -2.34. The van der Waals surface area contributed by atoms with Gasteiger partial charge in [-0.1, -0.05) is 25.1 Å². The van der Waals surface area contributed by atoms with E-state index in [-0.39, 0.29) is 0 Å². The van der Waals surface area contributed by atoms with Crippen LogP contribution in [0.5, 0.6) is 0 Å². The molecule has 0 amide bonds. The van der Waals surface area contributed by atoms with Crippen LogP contribution in [0.15, 0.2) is 42.7 Å². The van der Waals surface area contributed by atoms with Crippen molar-refractivity contribution in [2.24, 2.45) is 0 Å². The SMILES string of the molecule is CCc1ccccc1Nc1cnccc1C#N. The molecule has 0 spiro atoms. The summed E-state index contributed by atoms with van der Waals surface area (Å²) in [5.41, 5.74) is 3.60. The number of para-hydroxylation sites is 1. The van der Waals surface area contributed by atoms with Gasteiger partial charge in [-0.15, -0.1) is 0 Å². The number of nitrogens with one attached hydrogen (secondary N) is 1. The van der Waals surface area contributed by atoms with Crippen LogP contribution in [0, 0.1) is 11.3 Å². The molecule has 0 aliphatic heterocycles. The summed E-state index contributed by atoms with van der Waals surface area (Å²) >= 11 is 0. The number of rotatable bonds is 3. The zero-order valence-electron chi connectivity index (χ0n) is 9.64.